The molecule has 2 aromatic carbocycles. The van der Waals surface area contributed by atoms with Crippen molar-refractivity contribution in [2.45, 2.75) is 13.0 Å². The highest BCUT2D eigenvalue weighted by Crippen LogP contribution is 2.42. The van der Waals surface area contributed by atoms with Gasteiger partial charge in [0, 0.05) is 5.70 Å². The molecule has 30 heavy (non-hydrogen) atoms. The number of rotatable bonds is 7. The minimum absolute atomic E-state index is 0.209. The van der Waals surface area contributed by atoms with Crippen molar-refractivity contribution in [2.75, 3.05) is 33.3 Å². The molecule has 2 heterocycles. The van der Waals surface area contributed by atoms with E-state index in [-0.39, 0.29) is 6.04 Å². The molecule has 0 saturated carbocycles. The summed E-state index contributed by atoms with van der Waals surface area (Å²) in [6, 6.07) is 11.6. The summed E-state index contributed by atoms with van der Waals surface area (Å²) < 4.78 is 23.9. The van der Waals surface area contributed by atoms with E-state index in [1.165, 1.54) is 6.33 Å². The van der Waals surface area contributed by atoms with Crippen LogP contribution in [-0.2, 0) is 0 Å². The Balaban J connectivity index is 1.78. The van der Waals surface area contributed by atoms with E-state index < -0.39 is 0 Å². The van der Waals surface area contributed by atoms with Gasteiger partial charge in [-0.1, -0.05) is 0 Å². The van der Waals surface area contributed by atoms with Crippen LogP contribution in [0.5, 0.6) is 23.0 Å². The normalized spacial score (nSPS) is 14.9. The fourth-order valence-corrected chi connectivity index (χ4v) is 3.51. The minimum atomic E-state index is -0.209. The van der Waals surface area contributed by atoms with Gasteiger partial charge in [0.1, 0.15) is 18.1 Å². The van der Waals surface area contributed by atoms with Crippen LogP contribution < -0.4 is 24.3 Å². The van der Waals surface area contributed by atoms with Gasteiger partial charge in [-0.2, -0.15) is 10.1 Å². The van der Waals surface area contributed by atoms with Crippen LogP contribution in [0, 0.1) is 0 Å². The van der Waals surface area contributed by atoms with E-state index in [2.05, 4.69) is 21.5 Å². The predicted octanol–water partition coefficient (Wildman–Crippen LogP) is 3.76. The zero-order chi connectivity index (χ0) is 21.1. The van der Waals surface area contributed by atoms with Crippen molar-refractivity contribution in [3.05, 3.63) is 59.9 Å². The Morgan fingerprint density at radius 3 is 2.30 bits per heavy atom. The van der Waals surface area contributed by atoms with E-state index in [9.17, 15) is 0 Å². The van der Waals surface area contributed by atoms with E-state index in [0.717, 1.165) is 22.6 Å². The highest BCUT2D eigenvalue weighted by Gasteiger charge is 2.26. The van der Waals surface area contributed by atoms with E-state index in [1.807, 2.05) is 48.0 Å². The maximum Gasteiger partial charge on any atom is 0.226 e. The average Bonchev–Trinajstić information content (AvgIpc) is 3.27. The molecule has 1 aliphatic rings. The van der Waals surface area contributed by atoms with Gasteiger partial charge in [0.25, 0.3) is 0 Å². The monoisotopic (exact) mass is 408 g/mol. The fraction of sp³-hybridized carbons (Fsp3) is 0.273. The number of nitrogens with zero attached hydrogens (tertiary/aromatic N) is 3. The van der Waals surface area contributed by atoms with Crippen molar-refractivity contribution < 1.29 is 18.9 Å². The Morgan fingerprint density at radius 1 is 1.00 bits per heavy atom. The molecule has 0 aliphatic carbocycles. The van der Waals surface area contributed by atoms with Crippen LogP contribution in [0.25, 0.3) is 5.70 Å². The van der Waals surface area contributed by atoms with E-state index in [4.69, 9.17) is 18.9 Å². The lowest BCUT2D eigenvalue weighted by molar-refractivity contribution is 0.323. The zero-order valence-corrected chi connectivity index (χ0v) is 17.4. The number of ether oxygens (including phenoxy) is 4. The summed E-state index contributed by atoms with van der Waals surface area (Å²) in [4.78, 5) is 4.36. The topological polar surface area (TPSA) is 79.7 Å². The maximum absolute atomic E-state index is 5.55. The smallest absolute Gasteiger partial charge is 0.226 e. The van der Waals surface area contributed by atoms with Crippen molar-refractivity contribution in [3.8, 4) is 23.0 Å². The summed E-state index contributed by atoms with van der Waals surface area (Å²) >= 11 is 0. The van der Waals surface area contributed by atoms with Gasteiger partial charge >= 0.3 is 0 Å². The van der Waals surface area contributed by atoms with Crippen molar-refractivity contribution in [1.82, 2.24) is 14.8 Å². The molecule has 0 fully saturated rings. The van der Waals surface area contributed by atoms with Gasteiger partial charge in [-0.3, -0.25) is 0 Å². The predicted molar refractivity (Wildman–Crippen MR) is 113 cm³/mol. The van der Waals surface area contributed by atoms with Crippen LogP contribution in [0.1, 0.15) is 24.1 Å². The molecule has 0 spiro atoms. The number of methoxy groups -OCH3 is 3. The molecule has 1 atom stereocenters. The molecule has 0 bridgehead atoms. The zero-order valence-electron chi connectivity index (χ0n) is 17.4. The quantitative estimate of drug-likeness (QED) is 0.638. The highest BCUT2D eigenvalue weighted by atomic mass is 16.5. The van der Waals surface area contributed by atoms with Crippen molar-refractivity contribution in [3.63, 3.8) is 0 Å². The molecule has 8 nitrogen and oxygen atoms in total. The first kappa shape index (κ1) is 19.6. The molecule has 1 aromatic heterocycles. The van der Waals surface area contributed by atoms with Crippen LogP contribution in [0.2, 0.25) is 0 Å². The summed E-state index contributed by atoms with van der Waals surface area (Å²) in [5, 5.41) is 7.75. The molecule has 0 radical (unpaired) electrons. The Kier molecular flexibility index (Phi) is 5.47. The summed E-state index contributed by atoms with van der Waals surface area (Å²) in [5.41, 5.74) is 2.88. The van der Waals surface area contributed by atoms with Gasteiger partial charge in [0.15, 0.2) is 11.5 Å². The summed E-state index contributed by atoms with van der Waals surface area (Å²) in [6.07, 6.45) is 3.63. The van der Waals surface area contributed by atoms with Gasteiger partial charge in [-0.25, -0.2) is 4.68 Å². The van der Waals surface area contributed by atoms with Gasteiger partial charge in [-0.15, -0.1) is 0 Å². The first-order valence-corrected chi connectivity index (χ1v) is 9.60. The van der Waals surface area contributed by atoms with Gasteiger partial charge in [0.05, 0.1) is 27.9 Å². The number of aromatic nitrogens is 3. The second-order valence-electron chi connectivity index (χ2n) is 6.59. The van der Waals surface area contributed by atoms with E-state index >= 15 is 0 Å². The Bertz CT molecular complexity index is 1030. The summed E-state index contributed by atoms with van der Waals surface area (Å²) in [6.45, 7) is 2.60. The van der Waals surface area contributed by atoms with E-state index in [0.29, 0.717) is 29.8 Å². The fourth-order valence-electron chi connectivity index (χ4n) is 3.51. The number of fused-ring (bicyclic) bond motifs is 1. The van der Waals surface area contributed by atoms with Crippen LogP contribution in [0.4, 0.5) is 5.95 Å². The number of anilines is 1. The lowest BCUT2D eigenvalue weighted by Crippen LogP contribution is -2.20. The molecule has 4 rings (SSSR count). The maximum atomic E-state index is 5.55. The Hall–Kier alpha value is -3.68. The van der Waals surface area contributed by atoms with Gasteiger partial charge in [-0.05, 0) is 60.5 Å². The van der Waals surface area contributed by atoms with E-state index in [1.54, 1.807) is 21.3 Å². The number of hydrogen-bond acceptors (Lipinski definition) is 7. The van der Waals surface area contributed by atoms with Gasteiger partial charge in [0.2, 0.25) is 11.7 Å². The number of allylic oxidation sites excluding steroid dienone is 1. The molecule has 1 aliphatic heterocycles. The van der Waals surface area contributed by atoms with Crippen molar-refractivity contribution in [2.24, 2.45) is 0 Å². The van der Waals surface area contributed by atoms with Crippen LogP contribution in [0.3, 0.4) is 0 Å². The number of hydrogen-bond donors (Lipinski definition) is 1. The van der Waals surface area contributed by atoms with Crippen LogP contribution >= 0.6 is 0 Å². The average molecular weight is 408 g/mol. The molecular weight excluding hydrogens is 384 g/mol. The second-order valence-corrected chi connectivity index (χ2v) is 6.59. The molecular formula is C22H24N4O4. The lowest BCUT2D eigenvalue weighted by Gasteiger charge is -2.25. The van der Waals surface area contributed by atoms with Crippen molar-refractivity contribution >= 4 is 11.6 Å². The van der Waals surface area contributed by atoms with Crippen LogP contribution in [0.15, 0.2) is 48.8 Å². The minimum Gasteiger partial charge on any atom is -0.494 e. The number of benzene rings is 2. The molecule has 0 unspecified atom stereocenters. The second kappa shape index (κ2) is 8.36. The molecule has 0 saturated heterocycles. The third kappa shape index (κ3) is 3.52. The summed E-state index contributed by atoms with van der Waals surface area (Å²) in [7, 11) is 4.79. The first-order valence-electron chi connectivity index (χ1n) is 9.60. The standard InChI is InChI=1S/C22H24N4O4/c1-5-30-16-8-6-14(7-9-16)17-12-18(26-22(25-17)23-13-24-26)15-10-19(27-2)21(29-4)20(11-15)28-3/h6-13,18H,5H2,1-4H3,(H,23,24,25)/t18-/m1/s1. The number of nitrogens with one attached hydrogen (secondary N) is 1. The molecule has 1 N–H and O–H groups in total. The van der Waals surface area contributed by atoms with Gasteiger partial charge < -0.3 is 24.3 Å². The Labute approximate surface area is 175 Å². The third-order valence-electron chi connectivity index (χ3n) is 4.91. The lowest BCUT2D eigenvalue weighted by atomic mass is 10.0. The van der Waals surface area contributed by atoms with Crippen molar-refractivity contribution in [1.29, 1.82) is 0 Å². The SMILES string of the molecule is CCOc1ccc(C2=C[C@H](c3cc(OC)c(OC)c(OC)c3)n3ncnc3N2)cc1. The highest BCUT2D eigenvalue weighted by molar-refractivity contribution is 5.77. The molecule has 8 heteroatoms. The molecule has 156 valence electrons. The van der Waals surface area contributed by atoms with Crippen LogP contribution in [-0.4, -0.2) is 42.7 Å². The Morgan fingerprint density at radius 2 is 1.70 bits per heavy atom. The first-order chi connectivity index (χ1) is 14.7. The largest absolute Gasteiger partial charge is 0.494 e. The third-order valence-corrected chi connectivity index (χ3v) is 4.91. The molecule has 0 amide bonds. The summed E-state index contributed by atoms with van der Waals surface area (Å²) in [5.74, 6) is 3.21. The molecule has 3 aromatic rings.